The fourth-order valence-electron chi connectivity index (χ4n) is 10.3. The highest BCUT2D eigenvalue weighted by molar-refractivity contribution is 7.85. The van der Waals surface area contributed by atoms with E-state index in [4.69, 9.17) is 35.0 Å². The first-order valence-corrected chi connectivity index (χ1v) is 19.0. The van der Waals surface area contributed by atoms with E-state index in [2.05, 4.69) is 50.8 Å². The van der Waals surface area contributed by atoms with E-state index in [1.165, 1.54) is 0 Å². The van der Waals surface area contributed by atoms with E-state index in [1.807, 2.05) is 0 Å². The summed E-state index contributed by atoms with van der Waals surface area (Å²) in [6, 6.07) is 0. The Morgan fingerprint density at radius 3 is 2.11 bits per heavy atom. The summed E-state index contributed by atoms with van der Waals surface area (Å²) in [5.74, 6) is 2.11. The second kappa shape index (κ2) is 16.9. The molecule has 16 heteroatoms. The Labute approximate surface area is 278 Å². The van der Waals surface area contributed by atoms with Gasteiger partial charge in [0, 0.05) is 39.8 Å². The van der Waals surface area contributed by atoms with Crippen LogP contribution in [-0.2, 0) is 28.5 Å². The van der Waals surface area contributed by atoms with Crippen LogP contribution in [0.2, 0.25) is 0 Å². The van der Waals surface area contributed by atoms with Crippen LogP contribution in [-0.4, -0.2) is 79.0 Å². The van der Waals surface area contributed by atoms with Gasteiger partial charge in [-0.05, 0) is 115 Å². The summed E-state index contributed by atoms with van der Waals surface area (Å²) in [4.78, 5) is 8.70. The minimum Gasteiger partial charge on any atom is -0.378 e. The lowest BCUT2D eigenvalue weighted by Crippen LogP contribution is -2.63. The first-order valence-electron chi connectivity index (χ1n) is 17.2. The van der Waals surface area contributed by atoms with Gasteiger partial charge in [-0.15, -0.1) is 0 Å². The van der Waals surface area contributed by atoms with Gasteiger partial charge in [0.25, 0.3) is 10.1 Å². The average Bonchev–Trinajstić information content (AvgIpc) is 3.39. The largest absolute Gasteiger partial charge is 0.378 e. The summed E-state index contributed by atoms with van der Waals surface area (Å²) in [5, 5.41) is 11.1. The van der Waals surface area contributed by atoms with Gasteiger partial charge >= 0.3 is 0 Å². The Morgan fingerprint density at radius 1 is 0.830 bits per heavy atom. The topological polar surface area (TPSA) is 217 Å². The second-order valence-electron chi connectivity index (χ2n) is 14.6. The number of ether oxygens (including phenoxy) is 3. The van der Waals surface area contributed by atoms with Crippen LogP contribution in [0.5, 0.6) is 0 Å². The van der Waals surface area contributed by atoms with Crippen LogP contribution in [0, 0.1) is 46.3 Å². The molecule has 0 radical (unpaired) electrons. The quantitative estimate of drug-likeness (QED) is 0.0474. The average molecular weight is 680 g/mol. The molecule has 4 aliphatic rings. The van der Waals surface area contributed by atoms with Gasteiger partial charge in [0.05, 0.1) is 51.0 Å². The highest BCUT2D eigenvalue weighted by Crippen LogP contribution is 2.69. The molecule has 0 amide bonds. The molecule has 0 aliphatic heterocycles. The second-order valence-corrected chi connectivity index (χ2v) is 16.2. The maximum Gasteiger partial charge on any atom is 0.264 e. The van der Waals surface area contributed by atoms with Crippen molar-refractivity contribution in [2.24, 2.45) is 61.7 Å². The molecule has 0 bridgehead atoms. The molecule has 1 unspecified atom stereocenters. The number of nitrogens with zero attached hydrogens (tertiary/aromatic N) is 9. The Balaban J connectivity index is 1.62. The Morgan fingerprint density at radius 2 is 1.47 bits per heavy atom. The van der Waals surface area contributed by atoms with Crippen LogP contribution in [0.1, 0.15) is 78.6 Å². The molecule has 4 rings (SSSR count). The van der Waals surface area contributed by atoms with Crippen molar-refractivity contribution in [1.29, 1.82) is 0 Å². The van der Waals surface area contributed by atoms with E-state index in [-0.39, 0.29) is 42.3 Å². The molecular formula is C31H53N9O6S. The number of hydrogen-bond donors (Lipinski definition) is 0. The lowest BCUT2D eigenvalue weighted by molar-refractivity contribution is -0.226. The van der Waals surface area contributed by atoms with Crippen LogP contribution in [0.25, 0.3) is 31.3 Å². The van der Waals surface area contributed by atoms with Crippen LogP contribution in [0.15, 0.2) is 15.3 Å². The van der Waals surface area contributed by atoms with E-state index >= 15 is 0 Å². The van der Waals surface area contributed by atoms with Gasteiger partial charge in [-0.3, -0.25) is 4.18 Å². The Kier molecular flexibility index (Phi) is 13.5. The molecule has 4 fully saturated rings. The predicted molar refractivity (Wildman–Crippen MR) is 176 cm³/mol. The molecule has 15 nitrogen and oxygen atoms in total. The van der Waals surface area contributed by atoms with E-state index < -0.39 is 10.1 Å². The molecular weight excluding hydrogens is 626 g/mol. The normalized spacial score (nSPS) is 36.9. The number of hydrogen-bond acceptors (Lipinski definition) is 9. The van der Waals surface area contributed by atoms with Gasteiger partial charge in [0.1, 0.15) is 0 Å². The van der Waals surface area contributed by atoms with Gasteiger partial charge in [0.15, 0.2) is 0 Å². The summed E-state index contributed by atoms with van der Waals surface area (Å²) in [6.45, 7) is 9.37. The predicted octanol–water partition coefficient (Wildman–Crippen LogP) is 7.34. The van der Waals surface area contributed by atoms with Crippen molar-refractivity contribution in [3.05, 3.63) is 31.3 Å². The molecule has 264 valence electrons. The SMILES string of the molecule is C[C@H](CCCOS(C)(=O)=O)[C@H]1CC[C@H]2[C@@H]3[C@H](OCCN=[N+]=[N-])C[C@@H]4CC(OCCN=[N+]=[N-])CC[C@]4(C)[C@H]3C[C@H](OCCN=[N+]=[N-])[C@]12C. The van der Waals surface area contributed by atoms with E-state index in [1.54, 1.807) is 0 Å². The van der Waals surface area contributed by atoms with Gasteiger partial charge in [0.2, 0.25) is 0 Å². The molecule has 4 saturated carbocycles. The van der Waals surface area contributed by atoms with Crippen molar-refractivity contribution in [3.63, 3.8) is 0 Å². The Bertz CT molecular complexity index is 1300. The third-order valence-electron chi connectivity index (χ3n) is 12.3. The first kappa shape index (κ1) is 37.5. The zero-order valence-electron chi connectivity index (χ0n) is 28.4. The van der Waals surface area contributed by atoms with Crippen LogP contribution >= 0.6 is 0 Å². The summed E-state index contributed by atoms with van der Waals surface area (Å²) in [5.41, 5.74) is 26.4. The third-order valence-corrected chi connectivity index (χ3v) is 12.9. The summed E-state index contributed by atoms with van der Waals surface area (Å²) in [7, 11) is -3.47. The van der Waals surface area contributed by atoms with E-state index in [0.717, 1.165) is 57.6 Å². The molecule has 0 aromatic heterocycles. The van der Waals surface area contributed by atoms with Gasteiger partial charge in [-0.25, -0.2) is 0 Å². The van der Waals surface area contributed by atoms with E-state index in [0.29, 0.717) is 74.8 Å². The van der Waals surface area contributed by atoms with Crippen LogP contribution in [0.3, 0.4) is 0 Å². The molecule has 0 heterocycles. The molecule has 0 N–H and O–H groups in total. The molecule has 0 aromatic carbocycles. The lowest BCUT2D eigenvalue weighted by atomic mass is 9.43. The van der Waals surface area contributed by atoms with E-state index in [9.17, 15) is 8.42 Å². The molecule has 0 spiro atoms. The minimum absolute atomic E-state index is 0.0135. The van der Waals surface area contributed by atoms with Crippen molar-refractivity contribution in [2.45, 2.75) is 96.9 Å². The highest BCUT2D eigenvalue weighted by atomic mass is 32.2. The van der Waals surface area contributed by atoms with Crippen molar-refractivity contribution in [2.75, 3.05) is 52.3 Å². The molecule has 0 aromatic rings. The minimum atomic E-state index is -3.47. The monoisotopic (exact) mass is 679 g/mol. The van der Waals surface area contributed by atoms with Gasteiger partial charge < -0.3 is 14.2 Å². The fourth-order valence-corrected chi connectivity index (χ4v) is 10.7. The highest BCUT2D eigenvalue weighted by Gasteiger charge is 2.66. The number of rotatable bonds is 18. The van der Waals surface area contributed by atoms with Gasteiger partial charge in [-0.2, -0.15) is 8.42 Å². The molecule has 0 saturated heterocycles. The van der Waals surface area contributed by atoms with Crippen molar-refractivity contribution >= 4 is 10.1 Å². The van der Waals surface area contributed by atoms with Gasteiger partial charge in [-0.1, -0.05) is 36.1 Å². The smallest absolute Gasteiger partial charge is 0.264 e. The lowest BCUT2D eigenvalue weighted by Gasteiger charge is -2.64. The standard InChI is InChI=1S/C31H53N9O6S/c1-21(6-5-14-46-47(4,41)42)24-7-8-25-29-26(20-28(31(24,25)3)45-17-13-37-40-34)30(2)10-9-23(43-15-11-35-38-32)18-22(30)19-27(29)44-16-12-36-39-33/h21-29H,5-20H2,1-4H3/t21-,22+,23?,24-,25+,26+,27-,28+,29+,30+,31-/m1/s1. The maximum absolute atomic E-state index is 11.5. The molecule has 4 aliphatic carbocycles. The summed E-state index contributed by atoms with van der Waals surface area (Å²) >= 11 is 0. The van der Waals surface area contributed by atoms with Crippen molar-refractivity contribution in [1.82, 2.24) is 0 Å². The van der Waals surface area contributed by atoms with Crippen LogP contribution in [0.4, 0.5) is 0 Å². The molecule has 11 atom stereocenters. The summed E-state index contributed by atoms with van der Waals surface area (Å²) in [6.07, 6.45) is 9.53. The fraction of sp³-hybridized carbons (Fsp3) is 1.00. The summed E-state index contributed by atoms with van der Waals surface area (Å²) < 4.78 is 47.7. The Hall–Kier alpha value is -2.28. The number of azide groups is 3. The maximum atomic E-state index is 11.5. The zero-order chi connectivity index (χ0) is 34.1. The van der Waals surface area contributed by atoms with Crippen LogP contribution < -0.4 is 0 Å². The number of fused-ring (bicyclic) bond motifs is 5. The zero-order valence-corrected chi connectivity index (χ0v) is 29.2. The molecule has 47 heavy (non-hydrogen) atoms. The van der Waals surface area contributed by atoms with Crippen molar-refractivity contribution < 1.29 is 26.8 Å². The third kappa shape index (κ3) is 8.85. The van der Waals surface area contributed by atoms with Crippen molar-refractivity contribution in [3.8, 4) is 0 Å². The first-order chi connectivity index (χ1) is 22.5.